The van der Waals surface area contributed by atoms with Gasteiger partial charge in [0.15, 0.2) is 0 Å². The van der Waals surface area contributed by atoms with Crippen molar-refractivity contribution < 1.29 is 0 Å². The van der Waals surface area contributed by atoms with Crippen molar-refractivity contribution in [3.05, 3.63) is 0 Å². The minimum Gasteiger partial charge on any atom is -0.330 e. The SMILES string of the molecule is CC(C)(CN)CNCC(C)(N)CN. The Labute approximate surface area is 81.2 Å². The Hall–Kier alpha value is -0.160. The summed E-state index contributed by atoms with van der Waals surface area (Å²) in [6, 6.07) is 0. The Balaban J connectivity index is 3.68. The molecule has 0 radical (unpaired) electrons. The van der Waals surface area contributed by atoms with Crippen LogP contribution in [0.25, 0.3) is 0 Å². The number of hydrogen-bond donors (Lipinski definition) is 4. The van der Waals surface area contributed by atoms with Crippen LogP contribution in [0.5, 0.6) is 0 Å². The maximum absolute atomic E-state index is 5.87. The van der Waals surface area contributed by atoms with Gasteiger partial charge in [-0.2, -0.15) is 0 Å². The highest BCUT2D eigenvalue weighted by Gasteiger charge is 2.19. The molecule has 0 saturated heterocycles. The summed E-state index contributed by atoms with van der Waals surface area (Å²) in [6.45, 7) is 8.94. The van der Waals surface area contributed by atoms with Gasteiger partial charge in [0.2, 0.25) is 0 Å². The molecule has 0 amide bonds. The summed E-state index contributed by atoms with van der Waals surface area (Å²) in [5.41, 5.74) is 16.8. The van der Waals surface area contributed by atoms with E-state index in [1.807, 2.05) is 6.92 Å². The van der Waals surface area contributed by atoms with Crippen molar-refractivity contribution in [1.29, 1.82) is 0 Å². The number of nitrogens with one attached hydrogen (secondary N) is 1. The summed E-state index contributed by atoms with van der Waals surface area (Å²) in [5.74, 6) is 0. The predicted molar refractivity (Wildman–Crippen MR) is 57.4 cm³/mol. The molecule has 0 fully saturated rings. The molecule has 13 heavy (non-hydrogen) atoms. The third-order valence-corrected chi connectivity index (χ3v) is 2.15. The smallest absolute Gasteiger partial charge is 0.0376 e. The van der Waals surface area contributed by atoms with Crippen molar-refractivity contribution in [2.45, 2.75) is 26.3 Å². The van der Waals surface area contributed by atoms with Crippen LogP contribution in [0, 0.1) is 5.41 Å². The zero-order valence-corrected chi connectivity index (χ0v) is 9.06. The van der Waals surface area contributed by atoms with Gasteiger partial charge < -0.3 is 22.5 Å². The van der Waals surface area contributed by atoms with Crippen molar-refractivity contribution in [1.82, 2.24) is 5.32 Å². The van der Waals surface area contributed by atoms with E-state index >= 15 is 0 Å². The average Bonchev–Trinajstić information content (AvgIpc) is 2.04. The highest BCUT2D eigenvalue weighted by molar-refractivity contribution is 4.83. The Morgan fingerprint density at radius 2 is 1.54 bits per heavy atom. The highest BCUT2D eigenvalue weighted by Crippen LogP contribution is 2.10. The van der Waals surface area contributed by atoms with E-state index in [1.54, 1.807) is 0 Å². The molecule has 0 aliphatic rings. The second-order valence-electron chi connectivity index (χ2n) is 4.83. The van der Waals surface area contributed by atoms with E-state index in [2.05, 4.69) is 19.2 Å². The maximum atomic E-state index is 5.87. The molecule has 0 aliphatic heterocycles. The van der Waals surface area contributed by atoms with Crippen LogP contribution in [0.3, 0.4) is 0 Å². The molecule has 0 aromatic heterocycles. The monoisotopic (exact) mass is 188 g/mol. The first-order valence-corrected chi connectivity index (χ1v) is 4.73. The average molecular weight is 188 g/mol. The summed E-state index contributed by atoms with van der Waals surface area (Å²) in [5, 5.41) is 3.28. The zero-order chi connectivity index (χ0) is 10.5. The Bertz CT molecular complexity index is 127. The Morgan fingerprint density at radius 1 is 1.00 bits per heavy atom. The fourth-order valence-electron chi connectivity index (χ4n) is 0.831. The van der Waals surface area contributed by atoms with Crippen molar-refractivity contribution in [3.63, 3.8) is 0 Å². The van der Waals surface area contributed by atoms with Crippen LogP contribution in [0.4, 0.5) is 0 Å². The lowest BCUT2D eigenvalue weighted by molar-refractivity contribution is 0.328. The fraction of sp³-hybridized carbons (Fsp3) is 1.00. The third-order valence-electron chi connectivity index (χ3n) is 2.15. The molecular weight excluding hydrogens is 164 g/mol. The van der Waals surface area contributed by atoms with Crippen molar-refractivity contribution in [3.8, 4) is 0 Å². The summed E-state index contributed by atoms with van der Waals surface area (Å²) >= 11 is 0. The first kappa shape index (κ1) is 12.8. The lowest BCUT2D eigenvalue weighted by Crippen LogP contribution is -2.53. The van der Waals surface area contributed by atoms with Crippen LogP contribution in [0.1, 0.15) is 20.8 Å². The van der Waals surface area contributed by atoms with Gasteiger partial charge >= 0.3 is 0 Å². The second-order valence-corrected chi connectivity index (χ2v) is 4.83. The molecule has 0 rings (SSSR count). The first-order valence-electron chi connectivity index (χ1n) is 4.73. The van der Waals surface area contributed by atoms with Crippen LogP contribution in [0.15, 0.2) is 0 Å². The van der Waals surface area contributed by atoms with E-state index in [4.69, 9.17) is 17.2 Å². The zero-order valence-electron chi connectivity index (χ0n) is 9.06. The van der Waals surface area contributed by atoms with E-state index in [1.165, 1.54) is 0 Å². The van der Waals surface area contributed by atoms with Crippen molar-refractivity contribution in [2.75, 3.05) is 26.2 Å². The molecule has 7 N–H and O–H groups in total. The normalized spacial score (nSPS) is 17.1. The molecule has 4 heteroatoms. The van der Waals surface area contributed by atoms with Gasteiger partial charge in [-0.05, 0) is 18.9 Å². The van der Waals surface area contributed by atoms with E-state index < -0.39 is 0 Å². The van der Waals surface area contributed by atoms with Gasteiger partial charge in [0.25, 0.3) is 0 Å². The van der Waals surface area contributed by atoms with Gasteiger partial charge in [-0.3, -0.25) is 0 Å². The summed E-state index contributed by atoms with van der Waals surface area (Å²) in [6.07, 6.45) is 0. The van der Waals surface area contributed by atoms with Crippen LogP contribution in [-0.2, 0) is 0 Å². The Morgan fingerprint density at radius 3 is 1.92 bits per heavy atom. The highest BCUT2D eigenvalue weighted by atomic mass is 15.0. The lowest BCUT2D eigenvalue weighted by Gasteiger charge is -2.27. The molecule has 4 nitrogen and oxygen atoms in total. The van der Waals surface area contributed by atoms with Crippen molar-refractivity contribution in [2.24, 2.45) is 22.6 Å². The molecule has 0 aromatic rings. The van der Waals surface area contributed by atoms with Crippen LogP contribution < -0.4 is 22.5 Å². The van der Waals surface area contributed by atoms with Crippen LogP contribution in [-0.4, -0.2) is 31.7 Å². The molecule has 0 saturated carbocycles. The number of rotatable bonds is 6. The number of hydrogen-bond acceptors (Lipinski definition) is 4. The molecule has 80 valence electrons. The molecule has 0 bridgehead atoms. The standard InChI is InChI=1S/C9H24N4/c1-8(2,4-10)6-13-7-9(3,12)5-11/h13H,4-7,10-12H2,1-3H3. The van der Waals surface area contributed by atoms with Gasteiger partial charge in [-0.25, -0.2) is 0 Å². The molecular formula is C9H24N4. The lowest BCUT2D eigenvalue weighted by atomic mass is 9.93. The fourth-order valence-corrected chi connectivity index (χ4v) is 0.831. The summed E-state index contributed by atoms with van der Waals surface area (Å²) in [4.78, 5) is 0. The first-order chi connectivity index (χ1) is 5.83. The topological polar surface area (TPSA) is 90.1 Å². The molecule has 1 atom stereocenters. The maximum Gasteiger partial charge on any atom is 0.0376 e. The quantitative estimate of drug-likeness (QED) is 0.441. The minimum atomic E-state index is -0.315. The van der Waals surface area contributed by atoms with E-state index in [-0.39, 0.29) is 11.0 Å². The number of nitrogens with two attached hydrogens (primary N) is 3. The summed E-state index contributed by atoms with van der Waals surface area (Å²) < 4.78 is 0. The van der Waals surface area contributed by atoms with Gasteiger partial charge in [0, 0.05) is 25.2 Å². The molecule has 0 aromatic carbocycles. The molecule has 0 heterocycles. The van der Waals surface area contributed by atoms with Gasteiger partial charge in [-0.15, -0.1) is 0 Å². The van der Waals surface area contributed by atoms with Crippen LogP contribution >= 0.6 is 0 Å². The van der Waals surface area contributed by atoms with Gasteiger partial charge in [-0.1, -0.05) is 13.8 Å². The molecule has 1 unspecified atom stereocenters. The largest absolute Gasteiger partial charge is 0.330 e. The Kier molecular flexibility index (Phi) is 4.85. The molecule has 0 spiro atoms. The third kappa shape index (κ3) is 5.99. The van der Waals surface area contributed by atoms with E-state index in [0.29, 0.717) is 13.1 Å². The van der Waals surface area contributed by atoms with E-state index in [9.17, 15) is 0 Å². The second kappa shape index (κ2) is 4.91. The van der Waals surface area contributed by atoms with Gasteiger partial charge in [0.1, 0.15) is 0 Å². The van der Waals surface area contributed by atoms with Gasteiger partial charge in [0.05, 0.1) is 0 Å². The van der Waals surface area contributed by atoms with Crippen LogP contribution in [0.2, 0.25) is 0 Å². The van der Waals surface area contributed by atoms with E-state index in [0.717, 1.165) is 13.1 Å². The molecule has 0 aliphatic carbocycles. The minimum absolute atomic E-state index is 0.130. The predicted octanol–water partition coefficient (Wildman–Crippen LogP) is -0.763. The summed E-state index contributed by atoms with van der Waals surface area (Å²) in [7, 11) is 0. The van der Waals surface area contributed by atoms with Crippen molar-refractivity contribution >= 4 is 0 Å².